The lowest BCUT2D eigenvalue weighted by molar-refractivity contribution is -0.159. The molecule has 1 saturated carbocycles. The van der Waals surface area contributed by atoms with Gasteiger partial charge in [0, 0.05) is 13.2 Å². The largest absolute Gasteiger partial charge is 0.480 e. The Morgan fingerprint density at radius 2 is 1.90 bits per heavy atom. The molecule has 0 bridgehead atoms. The number of carboxylic acid groups (broad SMARTS) is 1. The van der Waals surface area contributed by atoms with Crippen LogP contribution in [0.15, 0.2) is 0 Å². The van der Waals surface area contributed by atoms with E-state index in [-0.39, 0.29) is 17.9 Å². The number of carbonyl (C=O) groups excluding carboxylic acids is 1. The lowest BCUT2D eigenvalue weighted by Crippen LogP contribution is -2.51. The summed E-state index contributed by atoms with van der Waals surface area (Å²) in [5, 5.41) is 12.4. The van der Waals surface area contributed by atoms with Gasteiger partial charge in [0.1, 0.15) is 5.41 Å². The number of nitrogens with one attached hydrogen (secondary N) is 1. The predicted molar refractivity (Wildman–Crippen MR) is 74.3 cm³/mol. The van der Waals surface area contributed by atoms with Gasteiger partial charge in [-0.1, -0.05) is 19.3 Å². The molecule has 0 aromatic carbocycles. The van der Waals surface area contributed by atoms with Crippen LogP contribution in [-0.4, -0.2) is 36.2 Å². The van der Waals surface area contributed by atoms with Gasteiger partial charge in [-0.3, -0.25) is 9.59 Å². The van der Waals surface area contributed by atoms with E-state index in [2.05, 4.69) is 5.32 Å². The highest BCUT2D eigenvalue weighted by Crippen LogP contribution is 2.39. The van der Waals surface area contributed by atoms with Crippen molar-refractivity contribution in [3.63, 3.8) is 0 Å². The lowest BCUT2D eigenvalue weighted by atomic mass is 9.69. The molecule has 114 valence electrons. The van der Waals surface area contributed by atoms with Crippen LogP contribution in [0.25, 0.3) is 0 Å². The molecule has 5 heteroatoms. The fraction of sp³-hybridized carbons (Fsp3) is 0.867. The molecular formula is C15H25NO4. The second-order valence-corrected chi connectivity index (χ2v) is 6.19. The maximum Gasteiger partial charge on any atom is 0.319 e. The van der Waals surface area contributed by atoms with Crippen LogP contribution in [0.1, 0.15) is 51.9 Å². The Kier molecular flexibility index (Phi) is 5.02. The topological polar surface area (TPSA) is 75.6 Å². The van der Waals surface area contributed by atoms with E-state index in [0.717, 1.165) is 51.6 Å². The monoisotopic (exact) mass is 283 g/mol. The molecule has 1 aliphatic heterocycles. The van der Waals surface area contributed by atoms with Crippen LogP contribution in [0.3, 0.4) is 0 Å². The first-order valence-corrected chi connectivity index (χ1v) is 7.68. The number of amides is 1. The molecule has 1 amide bonds. The highest BCUT2D eigenvalue weighted by molar-refractivity contribution is 6.01. The van der Waals surface area contributed by atoms with Gasteiger partial charge < -0.3 is 15.2 Å². The van der Waals surface area contributed by atoms with Gasteiger partial charge in [-0.15, -0.1) is 0 Å². The van der Waals surface area contributed by atoms with Crippen molar-refractivity contribution >= 4 is 11.9 Å². The molecular weight excluding hydrogens is 258 g/mol. The molecule has 0 radical (unpaired) electrons. The van der Waals surface area contributed by atoms with Gasteiger partial charge in [-0.2, -0.15) is 0 Å². The van der Waals surface area contributed by atoms with Gasteiger partial charge in [-0.25, -0.2) is 0 Å². The summed E-state index contributed by atoms with van der Waals surface area (Å²) in [4.78, 5) is 24.1. The third kappa shape index (κ3) is 3.14. The van der Waals surface area contributed by atoms with Gasteiger partial charge in [-0.05, 0) is 38.5 Å². The maximum absolute atomic E-state index is 12.4. The van der Waals surface area contributed by atoms with E-state index in [9.17, 15) is 14.7 Å². The van der Waals surface area contributed by atoms with Crippen molar-refractivity contribution < 1.29 is 19.4 Å². The molecule has 2 fully saturated rings. The Morgan fingerprint density at radius 1 is 1.20 bits per heavy atom. The van der Waals surface area contributed by atoms with E-state index in [1.807, 2.05) is 0 Å². The minimum Gasteiger partial charge on any atom is -0.480 e. The standard InChI is InChI=1S/C15H25NO4/c1-15(14(18)19,11-6-3-2-4-7-11)13(17)16-10-12-8-5-9-20-12/h11-12H,2-10H2,1H3,(H,16,17)(H,18,19). The van der Waals surface area contributed by atoms with Gasteiger partial charge in [0.05, 0.1) is 6.10 Å². The van der Waals surface area contributed by atoms with E-state index in [4.69, 9.17) is 4.74 Å². The van der Waals surface area contributed by atoms with Crippen molar-refractivity contribution in [1.29, 1.82) is 0 Å². The molecule has 1 aliphatic carbocycles. The van der Waals surface area contributed by atoms with E-state index in [1.54, 1.807) is 6.92 Å². The number of aliphatic carboxylic acids is 1. The van der Waals surface area contributed by atoms with Crippen LogP contribution in [0, 0.1) is 11.3 Å². The van der Waals surface area contributed by atoms with Crippen LogP contribution >= 0.6 is 0 Å². The first kappa shape index (κ1) is 15.3. The average Bonchev–Trinajstić information content (AvgIpc) is 2.97. The number of carbonyl (C=O) groups is 2. The highest BCUT2D eigenvalue weighted by Gasteiger charge is 2.48. The molecule has 1 heterocycles. The van der Waals surface area contributed by atoms with Crippen molar-refractivity contribution in [2.45, 2.75) is 58.0 Å². The molecule has 20 heavy (non-hydrogen) atoms. The van der Waals surface area contributed by atoms with Gasteiger partial charge in [0.25, 0.3) is 0 Å². The Labute approximate surface area is 120 Å². The van der Waals surface area contributed by atoms with E-state index >= 15 is 0 Å². The summed E-state index contributed by atoms with van der Waals surface area (Å²) in [6.07, 6.45) is 6.84. The Balaban J connectivity index is 1.98. The van der Waals surface area contributed by atoms with Crippen LogP contribution in [0.4, 0.5) is 0 Å². The van der Waals surface area contributed by atoms with Gasteiger partial charge >= 0.3 is 5.97 Å². The smallest absolute Gasteiger partial charge is 0.319 e. The van der Waals surface area contributed by atoms with Crippen molar-refractivity contribution in [3.05, 3.63) is 0 Å². The van der Waals surface area contributed by atoms with Crippen LogP contribution in [0.5, 0.6) is 0 Å². The molecule has 0 aromatic rings. The quantitative estimate of drug-likeness (QED) is 0.756. The molecule has 5 nitrogen and oxygen atoms in total. The fourth-order valence-corrected chi connectivity index (χ4v) is 3.33. The zero-order valence-electron chi connectivity index (χ0n) is 12.2. The first-order chi connectivity index (χ1) is 9.55. The minimum absolute atomic E-state index is 0.0448. The number of hydrogen-bond donors (Lipinski definition) is 2. The van der Waals surface area contributed by atoms with Crippen molar-refractivity contribution in [1.82, 2.24) is 5.32 Å². The highest BCUT2D eigenvalue weighted by atomic mass is 16.5. The van der Waals surface area contributed by atoms with E-state index in [1.165, 1.54) is 0 Å². The summed E-state index contributed by atoms with van der Waals surface area (Å²) in [6, 6.07) is 0. The second kappa shape index (κ2) is 6.57. The molecule has 2 rings (SSSR count). The SMILES string of the molecule is CC(C(=O)O)(C(=O)NCC1CCCO1)C1CCCCC1. The van der Waals surface area contributed by atoms with Crippen LogP contribution < -0.4 is 5.32 Å². The van der Waals surface area contributed by atoms with Crippen molar-refractivity contribution in [2.24, 2.45) is 11.3 Å². The third-order valence-electron chi connectivity index (χ3n) is 4.85. The number of rotatable bonds is 5. The summed E-state index contributed by atoms with van der Waals surface area (Å²) < 4.78 is 5.46. The molecule has 2 N–H and O–H groups in total. The Hall–Kier alpha value is -1.10. The minimum atomic E-state index is -1.31. The van der Waals surface area contributed by atoms with E-state index < -0.39 is 11.4 Å². The first-order valence-electron chi connectivity index (χ1n) is 7.68. The molecule has 2 aliphatic rings. The summed E-state index contributed by atoms with van der Waals surface area (Å²) in [7, 11) is 0. The fourth-order valence-electron chi connectivity index (χ4n) is 3.33. The molecule has 0 spiro atoms. The summed E-state index contributed by atoms with van der Waals surface area (Å²) >= 11 is 0. The average molecular weight is 283 g/mol. The summed E-state index contributed by atoms with van der Waals surface area (Å²) in [6.45, 7) is 2.74. The lowest BCUT2D eigenvalue weighted by Gasteiger charge is -2.35. The number of carboxylic acids is 1. The van der Waals surface area contributed by atoms with E-state index in [0.29, 0.717) is 6.54 Å². The van der Waals surface area contributed by atoms with Gasteiger partial charge in [0.2, 0.25) is 5.91 Å². The van der Waals surface area contributed by atoms with Crippen LogP contribution in [-0.2, 0) is 14.3 Å². The Bertz CT molecular complexity index is 359. The summed E-state index contributed by atoms with van der Waals surface area (Å²) in [5.41, 5.74) is -1.31. The predicted octanol–water partition coefficient (Wildman–Crippen LogP) is 1.95. The summed E-state index contributed by atoms with van der Waals surface area (Å²) in [5.74, 6) is -1.42. The van der Waals surface area contributed by atoms with Crippen molar-refractivity contribution in [2.75, 3.05) is 13.2 Å². The maximum atomic E-state index is 12.4. The zero-order chi connectivity index (χ0) is 14.6. The molecule has 2 unspecified atom stereocenters. The Morgan fingerprint density at radius 3 is 2.45 bits per heavy atom. The molecule has 2 atom stereocenters. The third-order valence-corrected chi connectivity index (χ3v) is 4.85. The van der Waals surface area contributed by atoms with Crippen molar-refractivity contribution in [3.8, 4) is 0 Å². The number of hydrogen-bond acceptors (Lipinski definition) is 3. The second-order valence-electron chi connectivity index (χ2n) is 6.19. The number of ether oxygens (including phenoxy) is 1. The molecule has 1 saturated heterocycles. The van der Waals surface area contributed by atoms with Gasteiger partial charge in [0.15, 0.2) is 0 Å². The normalized spacial score (nSPS) is 26.9. The van der Waals surface area contributed by atoms with Crippen LogP contribution in [0.2, 0.25) is 0 Å². The zero-order valence-corrected chi connectivity index (χ0v) is 12.2. The molecule has 0 aromatic heterocycles.